The van der Waals surface area contributed by atoms with E-state index in [0.717, 1.165) is 12.1 Å². The molecule has 0 aliphatic carbocycles. The van der Waals surface area contributed by atoms with Gasteiger partial charge in [0.25, 0.3) is 0 Å². The Morgan fingerprint density at radius 1 is 1.43 bits per heavy atom. The summed E-state index contributed by atoms with van der Waals surface area (Å²) < 4.78 is 0. The van der Waals surface area contributed by atoms with Gasteiger partial charge in [-0.15, -0.1) is 0 Å². The van der Waals surface area contributed by atoms with Crippen LogP contribution in [-0.2, 0) is 11.2 Å². The lowest BCUT2D eigenvalue weighted by atomic mass is 10.1. The van der Waals surface area contributed by atoms with E-state index in [0.29, 0.717) is 6.54 Å². The van der Waals surface area contributed by atoms with Gasteiger partial charge in [0.05, 0.1) is 6.54 Å². The largest absolute Gasteiger partial charge is 0.378 e. The zero-order valence-electron chi connectivity index (χ0n) is 9.05. The molecule has 0 atom stereocenters. The maximum atomic E-state index is 10.9. The molecule has 76 valence electrons. The maximum absolute atomic E-state index is 10.9. The summed E-state index contributed by atoms with van der Waals surface area (Å²) in [6.07, 6.45) is 0.988. The SMILES string of the molecule is CCc1cccc(C)c1NCC(C)=O. The standard InChI is InChI=1S/C12H17NO/c1-4-11-7-5-6-9(2)12(11)13-8-10(3)14/h5-7,13H,4,8H2,1-3H3. The van der Waals surface area contributed by atoms with Crippen molar-refractivity contribution in [3.05, 3.63) is 29.3 Å². The minimum atomic E-state index is 0.162. The molecule has 0 saturated heterocycles. The topological polar surface area (TPSA) is 29.1 Å². The summed E-state index contributed by atoms with van der Waals surface area (Å²) >= 11 is 0. The Bertz CT molecular complexity index is 331. The molecule has 0 fully saturated rings. The van der Waals surface area contributed by atoms with Crippen LogP contribution >= 0.6 is 0 Å². The summed E-state index contributed by atoms with van der Waals surface area (Å²) in [5.41, 5.74) is 3.59. The number of hydrogen-bond donors (Lipinski definition) is 1. The highest BCUT2D eigenvalue weighted by Crippen LogP contribution is 2.20. The Labute approximate surface area is 85.3 Å². The predicted molar refractivity (Wildman–Crippen MR) is 59.7 cm³/mol. The van der Waals surface area contributed by atoms with Gasteiger partial charge in [0.1, 0.15) is 5.78 Å². The number of para-hydroxylation sites is 1. The summed E-state index contributed by atoms with van der Waals surface area (Å²) in [5.74, 6) is 0.162. The van der Waals surface area contributed by atoms with Crippen LogP contribution in [0.1, 0.15) is 25.0 Å². The monoisotopic (exact) mass is 191 g/mol. The molecule has 0 amide bonds. The Hall–Kier alpha value is -1.31. The van der Waals surface area contributed by atoms with Crippen molar-refractivity contribution in [2.75, 3.05) is 11.9 Å². The molecular formula is C12H17NO. The Morgan fingerprint density at radius 3 is 2.71 bits per heavy atom. The van der Waals surface area contributed by atoms with E-state index in [1.165, 1.54) is 11.1 Å². The molecule has 1 aromatic rings. The summed E-state index contributed by atoms with van der Waals surface area (Å²) in [5, 5.41) is 3.18. The quantitative estimate of drug-likeness (QED) is 0.792. The Balaban J connectivity index is 2.87. The minimum Gasteiger partial charge on any atom is -0.378 e. The molecule has 0 aromatic heterocycles. The molecule has 0 aliphatic heterocycles. The minimum absolute atomic E-state index is 0.162. The molecule has 1 aromatic carbocycles. The first-order valence-corrected chi connectivity index (χ1v) is 4.97. The van der Waals surface area contributed by atoms with Gasteiger partial charge in [0.15, 0.2) is 0 Å². The van der Waals surface area contributed by atoms with Crippen LogP contribution < -0.4 is 5.32 Å². The number of anilines is 1. The van der Waals surface area contributed by atoms with Crippen molar-refractivity contribution in [1.82, 2.24) is 0 Å². The van der Waals surface area contributed by atoms with E-state index in [-0.39, 0.29) is 5.78 Å². The van der Waals surface area contributed by atoms with Crippen LogP contribution in [0.2, 0.25) is 0 Å². The number of nitrogens with one attached hydrogen (secondary N) is 1. The van der Waals surface area contributed by atoms with Crippen molar-refractivity contribution < 1.29 is 4.79 Å². The second-order valence-corrected chi connectivity index (χ2v) is 3.52. The van der Waals surface area contributed by atoms with Crippen LogP contribution in [0, 0.1) is 6.92 Å². The zero-order chi connectivity index (χ0) is 10.6. The predicted octanol–water partition coefficient (Wildman–Crippen LogP) is 2.56. The lowest BCUT2D eigenvalue weighted by Crippen LogP contribution is -2.12. The highest BCUT2D eigenvalue weighted by atomic mass is 16.1. The highest BCUT2D eigenvalue weighted by Gasteiger charge is 2.03. The Kier molecular flexibility index (Phi) is 3.69. The van der Waals surface area contributed by atoms with E-state index in [9.17, 15) is 4.79 Å². The highest BCUT2D eigenvalue weighted by molar-refractivity contribution is 5.81. The van der Waals surface area contributed by atoms with Crippen LogP contribution in [-0.4, -0.2) is 12.3 Å². The molecular weight excluding hydrogens is 174 g/mol. The molecule has 1 N–H and O–H groups in total. The average molecular weight is 191 g/mol. The summed E-state index contributed by atoms with van der Waals surface area (Å²) in [6, 6.07) is 6.20. The molecule has 0 aliphatic rings. The van der Waals surface area contributed by atoms with Gasteiger partial charge in [0, 0.05) is 5.69 Å². The second kappa shape index (κ2) is 4.80. The number of carbonyl (C=O) groups excluding carboxylic acids is 1. The number of benzene rings is 1. The number of hydrogen-bond acceptors (Lipinski definition) is 2. The fourth-order valence-electron chi connectivity index (χ4n) is 1.49. The molecule has 0 radical (unpaired) electrons. The van der Waals surface area contributed by atoms with Crippen molar-refractivity contribution in [3.8, 4) is 0 Å². The van der Waals surface area contributed by atoms with E-state index in [1.54, 1.807) is 6.92 Å². The molecule has 0 saturated carbocycles. The molecule has 14 heavy (non-hydrogen) atoms. The number of rotatable bonds is 4. The van der Waals surface area contributed by atoms with Crippen molar-refractivity contribution >= 4 is 11.5 Å². The molecule has 2 heteroatoms. The zero-order valence-corrected chi connectivity index (χ0v) is 9.05. The maximum Gasteiger partial charge on any atom is 0.148 e. The number of ketones is 1. The van der Waals surface area contributed by atoms with Gasteiger partial charge in [-0.3, -0.25) is 4.79 Å². The van der Waals surface area contributed by atoms with Crippen molar-refractivity contribution in [1.29, 1.82) is 0 Å². The molecule has 1 rings (SSSR count). The van der Waals surface area contributed by atoms with Crippen molar-refractivity contribution in [3.63, 3.8) is 0 Å². The smallest absolute Gasteiger partial charge is 0.148 e. The summed E-state index contributed by atoms with van der Waals surface area (Å²) in [4.78, 5) is 10.9. The van der Waals surface area contributed by atoms with E-state index in [1.807, 2.05) is 6.07 Å². The van der Waals surface area contributed by atoms with Crippen LogP contribution in [0.5, 0.6) is 0 Å². The van der Waals surface area contributed by atoms with E-state index < -0.39 is 0 Å². The molecule has 0 spiro atoms. The first kappa shape index (κ1) is 10.8. The van der Waals surface area contributed by atoms with Gasteiger partial charge in [0.2, 0.25) is 0 Å². The van der Waals surface area contributed by atoms with Gasteiger partial charge in [-0.25, -0.2) is 0 Å². The first-order chi connectivity index (χ1) is 6.65. The number of aryl methyl sites for hydroxylation is 2. The Morgan fingerprint density at radius 2 is 2.14 bits per heavy atom. The molecule has 0 heterocycles. The van der Waals surface area contributed by atoms with E-state index in [2.05, 4.69) is 31.3 Å². The van der Waals surface area contributed by atoms with E-state index >= 15 is 0 Å². The van der Waals surface area contributed by atoms with Crippen LogP contribution in [0.15, 0.2) is 18.2 Å². The fraction of sp³-hybridized carbons (Fsp3) is 0.417. The average Bonchev–Trinajstić information content (AvgIpc) is 2.15. The number of carbonyl (C=O) groups is 1. The van der Waals surface area contributed by atoms with Crippen LogP contribution in [0.25, 0.3) is 0 Å². The third-order valence-corrected chi connectivity index (χ3v) is 2.25. The van der Waals surface area contributed by atoms with E-state index in [4.69, 9.17) is 0 Å². The van der Waals surface area contributed by atoms with Crippen LogP contribution in [0.4, 0.5) is 5.69 Å². The summed E-state index contributed by atoms with van der Waals surface area (Å²) in [7, 11) is 0. The molecule has 0 unspecified atom stereocenters. The van der Waals surface area contributed by atoms with Crippen molar-refractivity contribution in [2.24, 2.45) is 0 Å². The van der Waals surface area contributed by atoms with Gasteiger partial charge in [-0.2, -0.15) is 0 Å². The lowest BCUT2D eigenvalue weighted by Gasteiger charge is -2.12. The molecule has 2 nitrogen and oxygen atoms in total. The van der Waals surface area contributed by atoms with Gasteiger partial charge >= 0.3 is 0 Å². The van der Waals surface area contributed by atoms with Gasteiger partial charge in [-0.1, -0.05) is 25.1 Å². The van der Waals surface area contributed by atoms with Crippen LogP contribution in [0.3, 0.4) is 0 Å². The fourth-order valence-corrected chi connectivity index (χ4v) is 1.49. The lowest BCUT2D eigenvalue weighted by molar-refractivity contribution is -0.115. The first-order valence-electron chi connectivity index (χ1n) is 4.97. The van der Waals surface area contributed by atoms with Crippen molar-refractivity contribution in [2.45, 2.75) is 27.2 Å². The van der Waals surface area contributed by atoms with Gasteiger partial charge < -0.3 is 5.32 Å². The number of Topliss-reactive ketones (excluding diaryl/α,β-unsaturated/α-hetero) is 1. The summed E-state index contributed by atoms with van der Waals surface area (Å²) in [6.45, 7) is 6.18. The second-order valence-electron chi connectivity index (χ2n) is 3.52. The third-order valence-electron chi connectivity index (χ3n) is 2.25. The third kappa shape index (κ3) is 2.59. The van der Waals surface area contributed by atoms with Gasteiger partial charge in [-0.05, 0) is 31.4 Å². The normalized spacial score (nSPS) is 9.93. The molecule has 0 bridgehead atoms.